The molecule has 0 aliphatic rings. The number of thiophene rings is 1. The van der Waals surface area contributed by atoms with E-state index < -0.39 is 12.0 Å². The van der Waals surface area contributed by atoms with Crippen molar-refractivity contribution in [2.45, 2.75) is 26.4 Å². The van der Waals surface area contributed by atoms with Crippen molar-refractivity contribution < 1.29 is 14.7 Å². The molecular formula is C13H20N2O3S. The maximum atomic E-state index is 11.9. The molecule has 19 heavy (non-hydrogen) atoms. The molecule has 1 unspecified atom stereocenters. The van der Waals surface area contributed by atoms with E-state index in [9.17, 15) is 9.59 Å². The van der Waals surface area contributed by atoms with E-state index in [4.69, 9.17) is 5.11 Å². The molecule has 0 fully saturated rings. The van der Waals surface area contributed by atoms with E-state index in [1.165, 1.54) is 0 Å². The van der Waals surface area contributed by atoms with Crippen molar-refractivity contribution in [2.24, 2.45) is 5.92 Å². The molecule has 1 heterocycles. The minimum Gasteiger partial charge on any atom is -0.480 e. The maximum absolute atomic E-state index is 11.9. The number of carboxylic acids is 1. The lowest BCUT2D eigenvalue weighted by molar-refractivity contribution is -0.141. The molecule has 2 N–H and O–H groups in total. The van der Waals surface area contributed by atoms with Crippen LogP contribution in [0.3, 0.4) is 0 Å². The Labute approximate surface area is 117 Å². The molecule has 6 heteroatoms. The summed E-state index contributed by atoms with van der Waals surface area (Å²) in [6, 6.07) is 1.27. The standard InChI is InChI=1S/C13H20N2O3S/c1-9(2)12(13(17)18)14-6-11(16)15(3)7-10-4-5-19-8-10/h4-5,8-9,12,14H,6-7H2,1-3H3,(H,17,18). The molecule has 1 rings (SSSR count). The zero-order chi connectivity index (χ0) is 14.4. The van der Waals surface area contributed by atoms with Gasteiger partial charge in [-0.3, -0.25) is 14.9 Å². The summed E-state index contributed by atoms with van der Waals surface area (Å²) in [5, 5.41) is 15.8. The van der Waals surface area contributed by atoms with E-state index in [0.29, 0.717) is 6.54 Å². The largest absolute Gasteiger partial charge is 0.480 e. The van der Waals surface area contributed by atoms with Gasteiger partial charge in [-0.1, -0.05) is 13.8 Å². The third kappa shape index (κ3) is 5.00. The first-order chi connectivity index (χ1) is 8.91. The lowest BCUT2D eigenvalue weighted by Gasteiger charge is -2.21. The van der Waals surface area contributed by atoms with Crippen LogP contribution in [0.15, 0.2) is 16.8 Å². The summed E-state index contributed by atoms with van der Waals surface area (Å²) in [5.41, 5.74) is 1.08. The van der Waals surface area contributed by atoms with Crippen LogP contribution < -0.4 is 5.32 Å². The Morgan fingerprint density at radius 3 is 2.63 bits per heavy atom. The fraction of sp³-hybridized carbons (Fsp3) is 0.538. The number of carboxylic acid groups (broad SMARTS) is 1. The van der Waals surface area contributed by atoms with Gasteiger partial charge in [-0.2, -0.15) is 11.3 Å². The second-order valence-electron chi connectivity index (χ2n) is 4.82. The first-order valence-electron chi connectivity index (χ1n) is 6.13. The lowest BCUT2D eigenvalue weighted by Crippen LogP contribution is -2.46. The summed E-state index contributed by atoms with van der Waals surface area (Å²) in [6.45, 7) is 4.20. The molecule has 0 aromatic carbocycles. The molecule has 0 spiro atoms. The molecule has 0 bridgehead atoms. The molecule has 0 saturated heterocycles. The average Bonchev–Trinajstić information content (AvgIpc) is 2.80. The molecule has 0 aliphatic carbocycles. The van der Waals surface area contributed by atoms with Crippen LogP contribution in [0.2, 0.25) is 0 Å². The molecule has 106 valence electrons. The second-order valence-corrected chi connectivity index (χ2v) is 5.60. The monoisotopic (exact) mass is 284 g/mol. The average molecular weight is 284 g/mol. The predicted octanol–water partition coefficient (Wildman–Crippen LogP) is 1.41. The molecular weight excluding hydrogens is 264 g/mol. The number of carbonyl (C=O) groups is 2. The van der Waals surface area contributed by atoms with Crippen molar-refractivity contribution in [1.82, 2.24) is 10.2 Å². The predicted molar refractivity (Wildman–Crippen MR) is 75.1 cm³/mol. The summed E-state index contributed by atoms with van der Waals surface area (Å²) in [7, 11) is 1.72. The normalized spacial score (nSPS) is 12.4. The van der Waals surface area contributed by atoms with Gasteiger partial charge in [-0.25, -0.2) is 0 Å². The fourth-order valence-electron chi connectivity index (χ4n) is 1.69. The Morgan fingerprint density at radius 1 is 1.47 bits per heavy atom. The molecule has 1 atom stereocenters. The number of carbonyl (C=O) groups excluding carboxylic acids is 1. The summed E-state index contributed by atoms with van der Waals surface area (Å²) in [6.07, 6.45) is 0. The van der Waals surface area contributed by atoms with Crippen LogP contribution in [0, 0.1) is 5.92 Å². The van der Waals surface area contributed by atoms with Crippen molar-refractivity contribution in [2.75, 3.05) is 13.6 Å². The highest BCUT2D eigenvalue weighted by atomic mass is 32.1. The number of rotatable bonds is 7. The highest BCUT2D eigenvalue weighted by Crippen LogP contribution is 2.08. The van der Waals surface area contributed by atoms with E-state index in [2.05, 4.69) is 5.32 Å². The summed E-state index contributed by atoms with van der Waals surface area (Å²) >= 11 is 1.59. The first kappa shape index (κ1) is 15.7. The van der Waals surface area contributed by atoms with Crippen LogP contribution in [-0.2, 0) is 16.1 Å². The first-order valence-corrected chi connectivity index (χ1v) is 7.07. The van der Waals surface area contributed by atoms with Crippen molar-refractivity contribution in [1.29, 1.82) is 0 Å². The van der Waals surface area contributed by atoms with Gasteiger partial charge < -0.3 is 10.0 Å². The van der Waals surface area contributed by atoms with Crippen molar-refractivity contribution in [3.05, 3.63) is 22.4 Å². The summed E-state index contributed by atoms with van der Waals surface area (Å²) in [4.78, 5) is 24.5. The minimum absolute atomic E-state index is 0.0375. The van der Waals surface area contributed by atoms with Crippen LogP contribution in [0.1, 0.15) is 19.4 Å². The van der Waals surface area contributed by atoms with Crippen molar-refractivity contribution in [3.8, 4) is 0 Å². The summed E-state index contributed by atoms with van der Waals surface area (Å²) in [5.74, 6) is -1.10. The van der Waals surface area contributed by atoms with Gasteiger partial charge in [0.25, 0.3) is 0 Å². The smallest absolute Gasteiger partial charge is 0.320 e. The van der Waals surface area contributed by atoms with Gasteiger partial charge in [0, 0.05) is 13.6 Å². The van der Waals surface area contributed by atoms with Crippen LogP contribution in [-0.4, -0.2) is 41.5 Å². The molecule has 1 amide bonds. The topological polar surface area (TPSA) is 69.6 Å². The molecule has 0 radical (unpaired) electrons. The van der Waals surface area contributed by atoms with E-state index >= 15 is 0 Å². The highest BCUT2D eigenvalue weighted by molar-refractivity contribution is 7.07. The highest BCUT2D eigenvalue weighted by Gasteiger charge is 2.22. The number of likely N-dealkylation sites (N-methyl/N-ethyl adjacent to an activating group) is 1. The van der Waals surface area contributed by atoms with Crippen LogP contribution >= 0.6 is 11.3 Å². The van der Waals surface area contributed by atoms with Crippen molar-refractivity contribution >= 4 is 23.2 Å². The molecule has 1 aromatic rings. The zero-order valence-corrected chi connectivity index (χ0v) is 12.2. The zero-order valence-electron chi connectivity index (χ0n) is 11.4. The number of nitrogens with one attached hydrogen (secondary N) is 1. The quantitative estimate of drug-likeness (QED) is 0.794. The molecule has 1 aromatic heterocycles. The number of amides is 1. The van der Waals surface area contributed by atoms with Gasteiger partial charge in [0.05, 0.1) is 6.54 Å². The van der Waals surface area contributed by atoms with Gasteiger partial charge in [0.1, 0.15) is 6.04 Å². The Morgan fingerprint density at radius 2 is 2.16 bits per heavy atom. The Kier molecular flexibility index (Phi) is 5.98. The van der Waals surface area contributed by atoms with E-state index in [1.807, 2.05) is 30.7 Å². The van der Waals surface area contributed by atoms with Crippen LogP contribution in [0.4, 0.5) is 0 Å². The third-order valence-corrected chi connectivity index (χ3v) is 3.56. The third-order valence-electron chi connectivity index (χ3n) is 2.83. The van der Waals surface area contributed by atoms with E-state index in [1.54, 1.807) is 23.3 Å². The van der Waals surface area contributed by atoms with Gasteiger partial charge in [0.2, 0.25) is 5.91 Å². The Balaban J connectivity index is 2.43. The number of nitrogens with zero attached hydrogens (tertiary/aromatic N) is 1. The summed E-state index contributed by atoms with van der Waals surface area (Å²) < 4.78 is 0. The van der Waals surface area contributed by atoms with Crippen LogP contribution in [0.5, 0.6) is 0 Å². The number of hydrogen-bond donors (Lipinski definition) is 2. The fourth-order valence-corrected chi connectivity index (χ4v) is 2.34. The van der Waals surface area contributed by atoms with Crippen molar-refractivity contribution in [3.63, 3.8) is 0 Å². The maximum Gasteiger partial charge on any atom is 0.320 e. The van der Waals surface area contributed by atoms with Gasteiger partial charge in [0.15, 0.2) is 0 Å². The van der Waals surface area contributed by atoms with Gasteiger partial charge in [-0.15, -0.1) is 0 Å². The molecule has 5 nitrogen and oxygen atoms in total. The van der Waals surface area contributed by atoms with E-state index in [0.717, 1.165) is 5.56 Å². The SMILES string of the molecule is CC(C)C(NCC(=O)N(C)Cc1ccsc1)C(=O)O. The lowest BCUT2D eigenvalue weighted by atomic mass is 10.1. The van der Waals surface area contributed by atoms with Gasteiger partial charge >= 0.3 is 5.97 Å². The Bertz CT molecular complexity index is 418. The number of hydrogen-bond acceptors (Lipinski definition) is 4. The minimum atomic E-state index is -0.928. The molecule has 0 aliphatic heterocycles. The van der Waals surface area contributed by atoms with Crippen LogP contribution in [0.25, 0.3) is 0 Å². The molecule has 0 saturated carbocycles. The number of aliphatic carboxylic acids is 1. The second kappa shape index (κ2) is 7.25. The Hall–Kier alpha value is -1.40. The van der Waals surface area contributed by atoms with E-state index in [-0.39, 0.29) is 18.4 Å². The van der Waals surface area contributed by atoms with Gasteiger partial charge in [-0.05, 0) is 28.3 Å².